The van der Waals surface area contributed by atoms with E-state index in [9.17, 15) is 20.0 Å². The molecule has 0 bridgehead atoms. The van der Waals surface area contributed by atoms with E-state index < -0.39 is 0 Å². The van der Waals surface area contributed by atoms with Crippen molar-refractivity contribution in [2.45, 2.75) is 200 Å². The van der Waals surface area contributed by atoms with Crippen LogP contribution >= 0.6 is 0 Å². The Morgan fingerprint density at radius 1 is 0.783 bits per heavy atom. The maximum Gasteiger partial charge on any atom is 0.308 e. The second-order valence-corrected chi connectivity index (χ2v) is 20.4. The quantitative estimate of drug-likeness (QED) is 0.110. The minimum atomic E-state index is -0.367. The normalized spacial score (nSPS) is 22.3. The van der Waals surface area contributed by atoms with Gasteiger partial charge in [0.25, 0.3) is 0 Å². The van der Waals surface area contributed by atoms with Gasteiger partial charge in [0.2, 0.25) is 5.91 Å². The summed E-state index contributed by atoms with van der Waals surface area (Å²) in [5.41, 5.74) is 10.3. The van der Waals surface area contributed by atoms with Crippen LogP contribution in [0.5, 0.6) is 23.0 Å². The molecular weight excluding hydrogens is 749 g/mol. The average Bonchev–Trinajstić information content (AvgIpc) is 3.17. The molecule has 8 heteroatoms. The fourth-order valence-electron chi connectivity index (χ4n) is 10.4. The van der Waals surface area contributed by atoms with Crippen molar-refractivity contribution in [3.8, 4) is 29.1 Å². The molecule has 0 saturated heterocycles. The van der Waals surface area contributed by atoms with Crippen molar-refractivity contribution in [1.29, 1.82) is 5.26 Å². The van der Waals surface area contributed by atoms with Crippen molar-refractivity contribution in [2.24, 2.45) is 17.6 Å². The molecule has 1 amide bonds. The summed E-state index contributed by atoms with van der Waals surface area (Å²) >= 11 is 0. The molecular formula is C52H74N2O6. The zero-order chi connectivity index (χ0) is 44.2. The summed E-state index contributed by atoms with van der Waals surface area (Å²) in [6.07, 6.45) is 18.7. The fourth-order valence-corrected chi connectivity index (χ4v) is 10.4. The molecule has 60 heavy (non-hydrogen) atoms. The van der Waals surface area contributed by atoms with Crippen molar-refractivity contribution >= 4 is 11.9 Å². The lowest BCUT2D eigenvalue weighted by molar-refractivity contribution is -0.132. The number of fused-ring (bicyclic) bond motifs is 6. The number of hydrogen-bond acceptors (Lipinski definition) is 7. The zero-order valence-electron chi connectivity index (χ0n) is 38.7. The van der Waals surface area contributed by atoms with Gasteiger partial charge in [-0.25, -0.2) is 0 Å². The molecule has 328 valence electrons. The van der Waals surface area contributed by atoms with Crippen LogP contribution in [0, 0.1) is 23.2 Å². The topological polar surface area (TPSA) is 132 Å². The lowest BCUT2D eigenvalue weighted by Crippen LogP contribution is -2.46. The molecule has 0 radical (unpaired) electrons. The predicted octanol–water partition coefficient (Wildman–Crippen LogP) is 12.7. The summed E-state index contributed by atoms with van der Waals surface area (Å²) < 4.78 is 18.8. The van der Waals surface area contributed by atoms with Gasteiger partial charge in [-0.1, -0.05) is 105 Å². The summed E-state index contributed by atoms with van der Waals surface area (Å²) in [5.74, 6) is 2.36. The minimum Gasteiger partial charge on any atom is -0.508 e. The lowest BCUT2D eigenvalue weighted by atomic mass is 9.66. The molecule has 0 spiro atoms. The maximum absolute atomic E-state index is 12.0. The van der Waals surface area contributed by atoms with Crippen LogP contribution in [0.4, 0.5) is 0 Å². The molecule has 6 rings (SSSR count). The second-order valence-electron chi connectivity index (χ2n) is 20.4. The number of nitrogens with zero attached hydrogens (tertiary/aromatic N) is 1. The van der Waals surface area contributed by atoms with Crippen molar-refractivity contribution in [1.82, 2.24) is 0 Å². The highest BCUT2D eigenvalue weighted by Crippen LogP contribution is 2.57. The SMILES string of the molecule is CCCCCCC(C)(C)c1cc(O)c2c(c1)OC(C)(C)[C@@H]1CC=C(C(N)=O)C[C@@H]21.CCCCCCC(C)(C)c1cc(OC(C)=O)c2c(c1)OC(C)(C)[C@@H]1CC=C(C#N)C[C@@H]21. The molecule has 2 aliphatic heterocycles. The first-order valence-electron chi connectivity index (χ1n) is 22.9. The summed E-state index contributed by atoms with van der Waals surface area (Å²) in [6, 6.07) is 10.6. The molecule has 2 aromatic carbocycles. The lowest BCUT2D eigenvalue weighted by Gasteiger charge is -2.47. The smallest absolute Gasteiger partial charge is 0.308 e. The third kappa shape index (κ3) is 10.4. The summed E-state index contributed by atoms with van der Waals surface area (Å²) in [5, 5.41) is 20.5. The highest BCUT2D eigenvalue weighted by atomic mass is 16.5. The first-order chi connectivity index (χ1) is 28.2. The number of primary amides is 1. The van der Waals surface area contributed by atoms with E-state index in [1.54, 1.807) is 0 Å². The largest absolute Gasteiger partial charge is 0.508 e. The summed E-state index contributed by atoms with van der Waals surface area (Å²) in [7, 11) is 0. The van der Waals surface area contributed by atoms with Gasteiger partial charge in [-0.2, -0.15) is 5.26 Å². The number of rotatable bonds is 14. The number of nitrogens with two attached hydrogens (primary N) is 1. The third-order valence-corrected chi connectivity index (χ3v) is 14.2. The van der Waals surface area contributed by atoms with E-state index in [2.05, 4.69) is 87.4 Å². The second kappa shape index (κ2) is 18.8. The number of ether oxygens (including phenoxy) is 3. The van der Waals surface area contributed by atoms with Crippen LogP contribution in [0.25, 0.3) is 0 Å². The Morgan fingerprint density at radius 2 is 1.28 bits per heavy atom. The Kier molecular flexibility index (Phi) is 14.7. The van der Waals surface area contributed by atoms with Crippen molar-refractivity contribution < 1.29 is 28.9 Å². The van der Waals surface area contributed by atoms with Crippen molar-refractivity contribution in [2.75, 3.05) is 0 Å². The highest BCUT2D eigenvalue weighted by Gasteiger charge is 2.48. The number of hydrogen-bond donors (Lipinski definition) is 2. The van der Waals surface area contributed by atoms with Gasteiger partial charge in [0.15, 0.2) is 0 Å². The van der Waals surface area contributed by atoms with Gasteiger partial charge in [-0.05, 0) is 112 Å². The molecule has 0 fully saturated rings. The monoisotopic (exact) mass is 823 g/mol. The number of aromatic hydroxyl groups is 1. The fraction of sp³-hybridized carbons (Fsp3) is 0.635. The van der Waals surface area contributed by atoms with Crippen LogP contribution in [-0.4, -0.2) is 28.2 Å². The van der Waals surface area contributed by atoms with Crippen LogP contribution < -0.4 is 19.9 Å². The Labute approximate surface area is 361 Å². The molecule has 3 N–H and O–H groups in total. The first-order valence-corrected chi connectivity index (χ1v) is 22.9. The number of benzene rings is 2. The van der Waals surface area contributed by atoms with Gasteiger partial charge in [-0.3, -0.25) is 9.59 Å². The molecule has 2 heterocycles. The van der Waals surface area contributed by atoms with Gasteiger partial charge in [-0.15, -0.1) is 0 Å². The van der Waals surface area contributed by atoms with Gasteiger partial charge < -0.3 is 25.1 Å². The number of carbonyl (C=O) groups excluding carboxylic acids is 2. The van der Waals surface area contributed by atoms with Crippen LogP contribution in [0.1, 0.15) is 200 Å². The van der Waals surface area contributed by atoms with E-state index in [0.29, 0.717) is 24.2 Å². The Bertz CT molecular complexity index is 1990. The zero-order valence-corrected chi connectivity index (χ0v) is 38.7. The van der Waals surface area contributed by atoms with Gasteiger partial charge in [0.1, 0.15) is 34.2 Å². The number of allylic oxidation sites excluding steroid dienone is 3. The molecule has 2 aromatic rings. The number of phenols is 1. The third-order valence-electron chi connectivity index (χ3n) is 14.2. The van der Waals surface area contributed by atoms with E-state index in [1.165, 1.54) is 58.3 Å². The van der Waals surface area contributed by atoms with Gasteiger partial charge >= 0.3 is 5.97 Å². The maximum atomic E-state index is 12.0. The number of carbonyl (C=O) groups is 2. The summed E-state index contributed by atoms with van der Waals surface area (Å²) in [6.45, 7) is 23.4. The number of amides is 1. The average molecular weight is 823 g/mol. The van der Waals surface area contributed by atoms with Crippen LogP contribution in [0.3, 0.4) is 0 Å². The van der Waals surface area contributed by atoms with Crippen LogP contribution in [0.15, 0.2) is 47.6 Å². The molecule has 8 nitrogen and oxygen atoms in total. The highest BCUT2D eigenvalue weighted by molar-refractivity contribution is 5.92. The van der Waals surface area contributed by atoms with E-state index in [4.69, 9.17) is 19.9 Å². The molecule has 0 aromatic heterocycles. The number of nitriles is 1. The number of phenolic OH excluding ortho intramolecular Hbond substituents is 1. The van der Waals surface area contributed by atoms with E-state index in [0.717, 1.165) is 65.0 Å². The van der Waals surface area contributed by atoms with Crippen molar-refractivity contribution in [3.05, 3.63) is 69.8 Å². The van der Waals surface area contributed by atoms with Crippen molar-refractivity contribution in [3.63, 3.8) is 0 Å². The number of esters is 1. The number of unbranched alkanes of at least 4 members (excludes halogenated alkanes) is 6. The Balaban J connectivity index is 0.000000228. The molecule has 4 aliphatic rings. The molecule has 2 aliphatic carbocycles. The van der Waals surface area contributed by atoms with Gasteiger partial charge in [0.05, 0.1) is 6.07 Å². The van der Waals surface area contributed by atoms with E-state index in [-0.39, 0.29) is 63.3 Å². The minimum absolute atomic E-state index is 0.0323. The predicted molar refractivity (Wildman–Crippen MR) is 241 cm³/mol. The van der Waals surface area contributed by atoms with Gasteiger partial charge in [0, 0.05) is 52.9 Å². The van der Waals surface area contributed by atoms with Crippen LogP contribution in [-0.2, 0) is 20.4 Å². The molecule has 4 atom stereocenters. The standard InChI is InChI=1S/C27H37NO3.C25H37NO3/c1-7-8-9-10-13-26(3,4)20-15-23(30-18(2)29)25-21-14-19(17-28)11-12-22(21)27(5,6)31-24(25)16-20;1-6-7-8-9-12-24(2,3)17-14-20(27)22-18-13-16(23(26)28)10-11-19(18)25(4,5)29-21(22)15-17/h11,15-16,21-22H,7-10,12-14H2,1-6H3;10,14-15,18-19,27H,6-9,11-13H2,1-5H3,(H2,26,28)/t21-,22-;18-,19-/m11/s1. The molecule has 0 saturated carbocycles. The van der Waals surface area contributed by atoms with Crippen LogP contribution in [0.2, 0.25) is 0 Å². The molecule has 0 unspecified atom stereocenters. The van der Waals surface area contributed by atoms with E-state index >= 15 is 0 Å². The summed E-state index contributed by atoms with van der Waals surface area (Å²) in [4.78, 5) is 23.8. The first kappa shape index (κ1) is 46.8. The van der Waals surface area contributed by atoms with E-state index in [1.807, 2.05) is 24.3 Å². The Morgan fingerprint density at radius 3 is 1.78 bits per heavy atom. The Hall–Kier alpha value is -4.25.